The Labute approximate surface area is 191 Å². The SMILES string of the molecule is CCN(C1=C(c2ccc(Cl)cc2)C(=O)N(c2cc(Cl)ccc2C)C1=O)c1ccccc1. The predicted octanol–water partition coefficient (Wildman–Crippen LogP) is 6.11. The van der Waals surface area contributed by atoms with Crippen LogP contribution >= 0.6 is 23.2 Å². The van der Waals surface area contributed by atoms with E-state index in [4.69, 9.17) is 23.2 Å². The minimum atomic E-state index is -0.387. The lowest BCUT2D eigenvalue weighted by atomic mass is 10.0. The number of carbonyl (C=O) groups excluding carboxylic acids is 2. The number of amides is 2. The lowest BCUT2D eigenvalue weighted by Gasteiger charge is -2.25. The Morgan fingerprint density at radius 2 is 1.48 bits per heavy atom. The Bertz CT molecular complexity index is 1190. The molecular weight excluding hydrogens is 431 g/mol. The number of para-hydroxylation sites is 1. The molecule has 0 unspecified atom stereocenters. The number of hydrogen-bond acceptors (Lipinski definition) is 3. The molecule has 0 saturated heterocycles. The highest BCUT2D eigenvalue weighted by atomic mass is 35.5. The van der Waals surface area contributed by atoms with E-state index < -0.39 is 0 Å². The highest BCUT2D eigenvalue weighted by Crippen LogP contribution is 2.38. The minimum absolute atomic E-state index is 0.334. The third-order valence-electron chi connectivity index (χ3n) is 5.26. The Balaban J connectivity index is 1.93. The molecule has 0 aromatic heterocycles. The number of benzene rings is 3. The molecule has 31 heavy (non-hydrogen) atoms. The molecule has 3 aromatic rings. The first-order valence-corrected chi connectivity index (χ1v) is 10.7. The van der Waals surface area contributed by atoms with Gasteiger partial charge in [0.05, 0.1) is 11.3 Å². The van der Waals surface area contributed by atoms with Crippen LogP contribution in [-0.2, 0) is 9.59 Å². The van der Waals surface area contributed by atoms with E-state index in [2.05, 4.69) is 0 Å². The van der Waals surface area contributed by atoms with E-state index in [0.717, 1.165) is 11.3 Å². The van der Waals surface area contributed by atoms with Crippen molar-refractivity contribution in [2.75, 3.05) is 16.3 Å². The number of nitrogens with zero attached hydrogens (tertiary/aromatic N) is 2. The van der Waals surface area contributed by atoms with Crippen molar-refractivity contribution in [1.82, 2.24) is 0 Å². The number of carbonyl (C=O) groups is 2. The molecule has 0 saturated carbocycles. The summed E-state index contributed by atoms with van der Waals surface area (Å²) in [5.41, 5.74) is 3.40. The van der Waals surface area contributed by atoms with Crippen LogP contribution in [-0.4, -0.2) is 18.4 Å². The second kappa shape index (κ2) is 8.58. The zero-order chi connectivity index (χ0) is 22.1. The highest BCUT2D eigenvalue weighted by Gasteiger charge is 2.43. The molecule has 1 heterocycles. The zero-order valence-corrected chi connectivity index (χ0v) is 18.6. The molecule has 4 nitrogen and oxygen atoms in total. The van der Waals surface area contributed by atoms with E-state index in [-0.39, 0.29) is 11.8 Å². The molecule has 4 rings (SSSR count). The second-order valence-electron chi connectivity index (χ2n) is 7.19. The van der Waals surface area contributed by atoms with Crippen LogP contribution in [0.3, 0.4) is 0 Å². The fourth-order valence-corrected chi connectivity index (χ4v) is 4.06. The summed E-state index contributed by atoms with van der Waals surface area (Å²) >= 11 is 12.3. The van der Waals surface area contributed by atoms with Crippen molar-refractivity contribution in [1.29, 1.82) is 0 Å². The smallest absolute Gasteiger partial charge is 0.282 e. The molecule has 156 valence electrons. The van der Waals surface area contributed by atoms with Crippen LogP contribution < -0.4 is 9.80 Å². The van der Waals surface area contributed by atoms with Crippen LogP contribution in [0.2, 0.25) is 10.0 Å². The average molecular weight is 451 g/mol. The molecule has 2 amide bonds. The Morgan fingerprint density at radius 3 is 2.13 bits per heavy atom. The lowest BCUT2D eigenvalue weighted by molar-refractivity contribution is -0.120. The van der Waals surface area contributed by atoms with Gasteiger partial charge in [0.2, 0.25) is 0 Å². The van der Waals surface area contributed by atoms with Gasteiger partial charge in [-0.2, -0.15) is 0 Å². The van der Waals surface area contributed by atoms with Gasteiger partial charge in [-0.25, -0.2) is 4.90 Å². The van der Waals surface area contributed by atoms with E-state index in [1.54, 1.807) is 42.5 Å². The molecule has 6 heteroatoms. The summed E-state index contributed by atoms with van der Waals surface area (Å²) in [7, 11) is 0. The Hall–Kier alpha value is -3.08. The van der Waals surface area contributed by atoms with Gasteiger partial charge in [0, 0.05) is 22.3 Å². The van der Waals surface area contributed by atoms with E-state index in [9.17, 15) is 9.59 Å². The lowest BCUT2D eigenvalue weighted by Crippen LogP contribution is -2.35. The predicted molar refractivity (Wildman–Crippen MR) is 127 cm³/mol. The van der Waals surface area contributed by atoms with Gasteiger partial charge in [-0.05, 0) is 61.4 Å². The third-order valence-corrected chi connectivity index (χ3v) is 5.75. The largest absolute Gasteiger partial charge is 0.337 e. The van der Waals surface area contributed by atoms with Crippen molar-refractivity contribution in [3.8, 4) is 0 Å². The van der Waals surface area contributed by atoms with Gasteiger partial charge in [-0.1, -0.05) is 59.6 Å². The quantitative estimate of drug-likeness (QED) is 0.440. The van der Waals surface area contributed by atoms with Gasteiger partial charge in [0.15, 0.2) is 0 Å². The van der Waals surface area contributed by atoms with Gasteiger partial charge < -0.3 is 4.90 Å². The number of aryl methyl sites for hydroxylation is 1. The van der Waals surface area contributed by atoms with Crippen LogP contribution in [0.4, 0.5) is 11.4 Å². The summed E-state index contributed by atoms with van der Waals surface area (Å²) in [5.74, 6) is -0.770. The molecule has 1 aliphatic rings. The van der Waals surface area contributed by atoms with E-state index in [1.807, 2.05) is 49.1 Å². The van der Waals surface area contributed by atoms with Crippen molar-refractivity contribution in [3.63, 3.8) is 0 Å². The number of anilines is 2. The molecule has 0 radical (unpaired) electrons. The summed E-state index contributed by atoms with van der Waals surface area (Å²) in [5, 5.41) is 1.01. The minimum Gasteiger partial charge on any atom is -0.337 e. The van der Waals surface area contributed by atoms with Crippen LogP contribution in [0.15, 0.2) is 78.5 Å². The van der Waals surface area contributed by atoms with Crippen molar-refractivity contribution >= 4 is 52.0 Å². The summed E-state index contributed by atoms with van der Waals surface area (Å²) < 4.78 is 0. The maximum atomic E-state index is 13.7. The molecule has 0 N–H and O–H groups in total. The molecule has 1 aliphatic heterocycles. The zero-order valence-electron chi connectivity index (χ0n) is 17.1. The van der Waals surface area contributed by atoms with Gasteiger partial charge >= 0.3 is 0 Å². The standard InChI is InChI=1S/C25H20Cl2N2O2/c1-3-28(20-7-5-4-6-8-20)23-22(17-10-13-18(26)14-11-17)24(30)29(25(23)31)21-15-19(27)12-9-16(21)2/h4-15H,3H2,1-2H3. The van der Waals surface area contributed by atoms with Gasteiger partial charge in [-0.15, -0.1) is 0 Å². The molecular formula is C25H20Cl2N2O2. The van der Waals surface area contributed by atoms with Crippen molar-refractivity contribution < 1.29 is 9.59 Å². The number of rotatable bonds is 5. The number of imide groups is 1. The number of likely N-dealkylation sites (N-methyl/N-ethyl adjacent to an activating group) is 1. The molecule has 0 bridgehead atoms. The van der Waals surface area contributed by atoms with Crippen LogP contribution in [0.25, 0.3) is 5.57 Å². The van der Waals surface area contributed by atoms with Crippen molar-refractivity contribution in [2.24, 2.45) is 0 Å². The summed E-state index contributed by atoms with van der Waals surface area (Å²) in [6, 6.07) is 21.7. The first-order valence-electron chi connectivity index (χ1n) is 9.90. The average Bonchev–Trinajstić information content (AvgIpc) is 3.02. The van der Waals surface area contributed by atoms with E-state index >= 15 is 0 Å². The molecule has 0 fully saturated rings. The topological polar surface area (TPSA) is 40.6 Å². The molecule has 0 aliphatic carbocycles. The fraction of sp³-hybridized carbons (Fsp3) is 0.120. The molecule has 3 aromatic carbocycles. The van der Waals surface area contributed by atoms with Gasteiger partial charge in [-0.3, -0.25) is 9.59 Å². The monoisotopic (exact) mass is 450 g/mol. The van der Waals surface area contributed by atoms with Crippen LogP contribution in [0, 0.1) is 6.92 Å². The highest BCUT2D eigenvalue weighted by molar-refractivity contribution is 6.46. The Kier molecular flexibility index (Phi) is 5.86. The van der Waals surface area contributed by atoms with Gasteiger partial charge in [0.25, 0.3) is 11.8 Å². The first kappa shape index (κ1) is 21.2. The first-order chi connectivity index (χ1) is 14.9. The fourth-order valence-electron chi connectivity index (χ4n) is 3.77. The van der Waals surface area contributed by atoms with Crippen LogP contribution in [0.5, 0.6) is 0 Å². The molecule has 0 spiro atoms. The normalized spacial score (nSPS) is 13.9. The van der Waals surface area contributed by atoms with Crippen molar-refractivity contribution in [2.45, 2.75) is 13.8 Å². The van der Waals surface area contributed by atoms with E-state index in [1.165, 1.54) is 4.90 Å². The Morgan fingerprint density at radius 1 is 0.839 bits per heavy atom. The van der Waals surface area contributed by atoms with Crippen molar-refractivity contribution in [3.05, 3.63) is 99.7 Å². The molecule has 0 atom stereocenters. The maximum Gasteiger partial charge on any atom is 0.282 e. The number of halogens is 2. The summed E-state index contributed by atoms with van der Waals surface area (Å²) in [4.78, 5) is 30.5. The third kappa shape index (κ3) is 3.85. The summed E-state index contributed by atoms with van der Waals surface area (Å²) in [6.07, 6.45) is 0. The summed E-state index contributed by atoms with van der Waals surface area (Å²) in [6.45, 7) is 4.31. The maximum absolute atomic E-state index is 13.7. The second-order valence-corrected chi connectivity index (χ2v) is 8.06. The van der Waals surface area contributed by atoms with Gasteiger partial charge in [0.1, 0.15) is 5.70 Å². The van der Waals surface area contributed by atoms with E-state index in [0.29, 0.717) is 39.1 Å². The van der Waals surface area contributed by atoms with Crippen LogP contribution in [0.1, 0.15) is 18.1 Å². The number of hydrogen-bond donors (Lipinski definition) is 0.